The highest BCUT2D eigenvalue weighted by Gasteiger charge is 2.05. The Labute approximate surface area is 71.0 Å². The minimum Gasteiger partial charge on any atom is -0.508 e. The van der Waals surface area contributed by atoms with Gasteiger partial charge in [0.05, 0.1) is 7.05 Å². The lowest BCUT2D eigenvalue weighted by atomic mass is 10.1. The molecule has 0 atom stereocenters. The van der Waals surface area contributed by atoms with Crippen LogP contribution in [0.15, 0.2) is 24.3 Å². The van der Waals surface area contributed by atoms with Crippen LogP contribution < -0.4 is 5.32 Å². The topological polar surface area (TPSA) is 53.9 Å². The van der Waals surface area contributed by atoms with Crippen LogP contribution in [0.4, 0.5) is 0 Å². The fourth-order valence-corrected chi connectivity index (χ4v) is 0.983. The monoisotopic (exact) mass is 166 g/mol. The Kier molecular flexibility index (Phi) is 2.82. The molecule has 3 nitrogen and oxygen atoms in total. The molecule has 0 aliphatic carbocycles. The van der Waals surface area contributed by atoms with Crippen molar-refractivity contribution < 1.29 is 15.2 Å². The SMILES string of the molecule is C[NH2+]CC(=O)c1cccc(O)c1. The number of likely N-dealkylation sites (N-methyl/N-ethyl adjacent to an activating group) is 1. The lowest BCUT2D eigenvalue weighted by molar-refractivity contribution is -0.614. The maximum atomic E-state index is 11.3. The number of aromatic hydroxyl groups is 1. The molecule has 0 fully saturated rings. The lowest BCUT2D eigenvalue weighted by Crippen LogP contribution is -2.81. The van der Waals surface area contributed by atoms with Gasteiger partial charge in [-0.1, -0.05) is 12.1 Å². The number of hydrogen-bond donors (Lipinski definition) is 2. The number of Topliss-reactive ketones (excluding diaryl/α,β-unsaturated/α-hetero) is 1. The van der Waals surface area contributed by atoms with Gasteiger partial charge in [0.1, 0.15) is 12.3 Å². The van der Waals surface area contributed by atoms with Gasteiger partial charge in [0, 0.05) is 5.56 Å². The van der Waals surface area contributed by atoms with Crippen LogP contribution in [0.3, 0.4) is 0 Å². The Hall–Kier alpha value is -1.35. The first-order valence-corrected chi connectivity index (χ1v) is 3.84. The number of phenols is 1. The van der Waals surface area contributed by atoms with Crippen LogP contribution >= 0.6 is 0 Å². The average molecular weight is 166 g/mol. The number of quaternary nitrogens is 1. The Morgan fingerprint density at radius 3 is 2.92 bits per heavy atom. The molecule has 64 valence electrons. The van der Waals surface area contributed by atoms with E-state index in [1.165, 1.54) is 6.07 Å². The zero-order chi connectivity index (χ0) is 8.97. The third-order valence-electron chi connectivity index (χ3n) is 1.56. The number of nitrogens with two attached hydrogens (primary N) is 1. The Balaban J connectivity index is 2.81. The Bertz CT molecular complexity index is 284. The molecule has 0 spiro atoms. The number of ketones is 1. The summed E-state index contributed by atoms with van der Waals surface area (Å²) in [6, 6.07) is 6.39. The molecular weight excluding hydrogens is 154 g/mol. The van der Waals surface area contributed by atoms with Crippen LogP contribution in [-0.4, -0.2) is 24.5 Å². The molecular formula is C9H12NO2+. The van der Waals surface area contributed by atoms with Crippen molar-refractivity contribution in [2.24, 2.45) is 0 Å². The Morgan fingerprint density at radius 1 is 1.58 bits per heavy atom. The van der Waals surface area contributed by atoms with Gasteiger partial charge in [-0.05, 0) is 12.1 Å². The van der Waals surface area contributed by atoms with Gasteiger partial charge in [-0.15, -0.1) is 0 Å². The highest BCUT2D eigenvalue weighted by molar-refractivity contribution is 5.97. The summed E-state index contributed by atoms with van der Waals surface area (Å²) in [6.45, 7) is 0.420. The van der Waals surface area contributed by atoms with Crippen molar-refractivity contribution in [3.63, 3.8) is 0 Å². The van der Waals surface area contributed by atoms with E-state index in [1.54, 1.807) is 23.5 Å². The van der Waals surface area contributed by atoms with E-state index in [1.807, 2.05) is 7.05 Å². The average Bonchev–Trinajstić information content (AvgIpc) is 2.05. The second-order valence-electron chi connectivity index (χ2n) is 2.59. The number of carbonyl (C=O) groups excluding carboxylic acids is 1. The van der Waals surface area contributed by atoms with Crippen molar-refractivity contribution in [2.75, 3.05) is 13.6 Å². The summed E-state index contributed by atoms with van der Waals surface area (Å²) >= 11 is 0. The third-order valence-corrected chi connectivity index (χ3v) is 1.56. The van der Waals surface area contributed by atoms with E-state index in [4.69, 9.17) is 5.11 Å². The predicted molar refractivity (Wildman–Crippen MR) is 45.2 cm³/mol. The van der Waals surface area contributed by atoms with Gasteiger partial charge in [0.25, 0.3) is 0 Å². The third kappa shape index (κ3) is 2.07. The van der Waals surface area contributed by atoms with E-state index >= 15 is 0 Å². The molecule has 12 heavy (non-hydrogen) atoms. The van der Waals surface area contributed by atoms with E-state index in [2.05, 4.69) is 0 Å². The molecule has 0 saturated heterocycles. The van der Waals surface area contributed by atoms with Gasteiger partial charge in [-0.25, -0.2) is 0 Å². The van der Waals surface area contributed by atoms with Gasteiger partial charge in [-0.2, -0.15) is 0 Å². The fraction of sp³-hybridized carbons (Fsp3) is 0.222. The van der Waals surface area contributed by atoms with Crippen LogP contribution in [0.2, 0.25) is 0 Å². The van der Waals surface area contributed by atoms with Gasteiger partial charge in [0.15, 0.2) is 0 Å². The highest BCUT2D eigenvalue weighted by atomic mass is 16.3. The summed E-state index contributed by atoms with van der Waals surface area (Å²) in [5.74, 6) is 0.172. The number of carbonyl (C=O) groups is 1. The molecule has 0 aromatic heterocycles. The molecule has 0 heterocycles. The Morgan fingerprint density at radius 2 is 2.33 bits per heavy atom. The molecule has 1 rings (SSSR count). The second-order valence-corrected chi connectivity index (χ2v) is 2.59. The zero-order valence-electron chi connectivity index (χ0n) is 6.95. The van der Waals surface area contributed by atoms with E-state index in [9.17, 15) is 4.79 Å². The van der Waals surface area contributed by atoms with E-state index in [0.717, 1.165) is 0 Å². The first kappa shape index (κ1) is 8.74. The summed E-state index contributed by atoms with van der Waals surface area (Å²) in [5.41, 5.74) is 0.563. The van der Waals surface area contributed by atoms with Gasteiger partial charge < -0.3 is 10.4 Å². The molecule has 1 aromatic rings. The highest BCUT2D eigenvalue weighted by Crippen LogP contribution is 2.10. The summed E-state index contributed by atoms with van der Waals surface area (Å²) in [7, 11) is 1.83. The first-order chi connectivity index (χ1) is 5.74. The molecule has 0 aliphatic heterocycles. The maximum absolute atomic E-state index is 11.3. The van der Waals surface area contributed by atoms with Crippen molar-refractivity contribution in [1.29, 1.82) is 0 Å². The van der Waals surface area contributed by atoms with Crippen LogP contribution in [0.25, 0.3) is 0 Å². The molecule has 3 heteroatoms. The van der Waals surface area contributed by atoms with Crippen LogP contribution in [0, 0.1) is 0 Å². The normalized spacial score (nSPS) is 9.75. The number of phenolic OH excluding ortho intramolecular Hbond substituents is 1. The van der Waals surface area contributed by atoms with E-state index in [0.29, 0.717) is 12.1 Å². The second kappa shape index (κ2) is 3.88. The molecule has 0 aliphatic rings. The van der Waals surface area contributed by atoms with E-state index < -0.39 is 0 Å². The van der Waals surface area contributed by atoms with Gasteiger partial charge in [0.2, 0.25) is 5.78 Å². The minimum absolute atomic E-state index is 0.0356. The van der Waals surface area contributed by atoms with Crippen LogP contribution in [-0.2, 0) is 0 Å². The van der Waals surface area contributed by atoms with Gasteiger partial charge >= 0.3 is 0 Å². The first-order valence-electron chi connectivity index (χ1n) is 3.84. The quantitative estimate of drug-likeness (QED) is 0.609. The zero-order valence-corrected chi connectivity index (χ0v) is 6.95. The van der Waals surface area contributed by atoms with Gasteiger partial charge in [-0.3, -0.25) is 4.79 Å². The molecule has 3 N–H and O–H groups in total. The van der Waals surface area contributed by atoms with Crippen LogP contribution in [0.1, 0.15) is 10.4 Å². The number of hydrogen-bond acceptors (Lipinski definition) is 2. The minimum atomic E-state index is 0.0356. The van der Waals surface area contributed by atoms with Crippen molar-refractivity contribution in [3.8, 4) is 5.75 Å². The van der Waals surface area contributed by atoms with Crippen molar-refractivity contribution in [1.82, 2.24) is 0 Å². The van der Waals surface area contributed by atoms with Crippen LogP contribution in [0.5, 0.6) is 5.75 Å². The molecule has 0 bridgehead atoms. The molecule has 0 radical (unpaired) electrons. The summed E-state index contributed by atoms with van der Waals surface area (Å²) in [6.07, 6.45) is 0. The predicted octanol–water partition coefficient (Wildman–Crippen LogP) is -0.232. The van der Waals surface area contributed by atoms with Crippen molar-refractivity contribution in [3.05, 3.63) is 29.8 Å². The van der Waals surface area contributed by atoms with E-state index in [-0.39, 0.29) is 11.5 Å². The lowest BCUT2D eigenvalue weighted by Gasteiger charge is -1.97. The standard InChI is InChI=1S/C9H11NO2/c1-10-6-9(12)7-3-2-4-8(11)5-7/h2-5,10-11H,6H2,1H3/p+1. The summed E-state index contributed by atoms with van der Waals surface area (Å²) < 4.78 is 0. The van der Waals surface area contributed by atoms with Crippen molar-refractivity contribution in [2.45, 2.75) is 0 Å². The van der Waals surface area contributed by atoms with Crippen molar-refractivity contribution >= 4 is 5.78 Å². The number of benzene rings is 1. The molecule has 0 unspecified atom stereocenters. The molecule has 1 aromatic carbocycles. The molecule has 0 amide bonds. The summed E-state index contributed by atoms with van der Waals surface area (Å²) in [4.78, 5) is 11.3. The fourth-order valence-electron chi connectivity index (χ4n) is 0.983. The molecule has 0 saturated carbocycles. The smallest absolute Gasteiger partial charge is 0.216 e. The largest absolute Gasteiger partial charge is 0.508 e. The number of rotatable bonds is 3. The maximum Gasteiger partial charge on any atom is 0.216 e. The summed E-state index contributed by atoms with van der Waals surface area (Å²) in [5, 5.41) is 10.9.